The van der Waals surface area contributed by atoms with Crippen LogP contribution >= 0.6 is 0 Å². The lowest BCUT2D eigenvalue weighted by Crippen LogP contribution is -2.16. The van der Waals surface area contributed by atoms with Crippen molar-refractivity contribution in [2.75, 3.05) is 25.6 Å². The van der Waals surface area contributed by atoms with Gasteiger partial charge in [-0.15, -0.1) is 0 Å². The Morgan fingerprint density at radius 3 is 2.65 bits per heavy atom. The van der Waals surface area contributed by atoms with Crippen LogP contribution in [-0.4, -0.2) is 36.3 Å². The molecule has 2 N–H and O–H groups in total. The van der Waals surface area contributed by atoms with Crippen LogP contribution in [0.3, 0.4) is 0 Å². The van der Waals surface area contributed by atoms with Crippen LogP contribution in [0.25, 0.3) is 10.9 Å². The highest BCUT2D eigenvalue weighted by Crippen LogP contribution is 2.32. The van der Waals surface area contributed by atoms with Gasteiger partial charge in [-0.05, 0) is 41.8 Å². The zero-order valence-electron chi connectivity index (χ0n) is 20.7. The fourth-order valence-corrected chi connectivity index (χ4v) is 4.15. The van der Waals surface area contributed by atoms with E-state index in [1.807, 2.05) is 55.5 Å². The molecule has 1 atom stereocenters. The van der Waals surface area contributed by atoms with Crippen molar-refractivity contribution in [2.45, 2.75) is 26.0 Å². The first-order chi connectivity index (χ1) is 18.0. The van der Waals surface area contributed by atoms with E-state index in [-0.39, 0.29) is 18.0 Å². The largest absolute Gasteiger partial charge is 0.491 e. The quantitative estimate of drug-likeness (QED) is 0.152. The first-order valence-corrected chi connectivity index (χ1v) is 11.9. The first kappa shape index (κ1) is 25.7. The van der Waals surface area contributed by atoms with Crippen LogP contribution < -0.4 is 10.1 Å². The highest BCUT2D eigenvalue weighted by atomic mass is 16.6. The Bertz CT molecular complexity index is 1370. The zero-order chi connectivity index (χ0) is 26.2. The van der Waals surface area contributed by atoms with Gasteiger partial charge in [0.2, 0.25) is 6.04 Å². The molecular formula is C28H29N3O6. The fraction of sp³-hybridized carbons (Fsp3) is 0.250. The second kappa shape index (κ2) is 12.0. The maximum atomic E-state index is 12.4. The van der Waals surface area contributed by atoms with Crippen molar-refractivity contribution in [3.8, 4) is 5.75 Å². The molecule has 1 aromatic heterocycles. The van der Waals surface area contributed by atoms with E-state index >= 15 is 0 Å². The van der Waals surface area contributed by atoms with Crippen LogP contribution in [0.15, 0.2) is 72.9 Å². The number of nitrogens with zero attached hydrogens (tertiary/aromatic N) is 1. The van der Waals surface area contributed by atoms with Gasteiger partial charge in [0.1, 0.15) is 19.0 Å². The third kappa shape index (κ3) is 6.45. The van der Waals surface area contributed by atoms with Crippen LogP contribution in [0.5, 0.6) is 5.75 Å². The van der Waals surface area contributed by atoms with E-state index in [0.29, 0.717) is 30.2 Å². The van der Waals surface area contributed by atoms with E-state index in [1.165, 1.54) is 0 Å². The molecule has 0 spiro atoms. The standard InChI is InChI=1S/C28H29N3O6/c1-19-21(9-6-10-25(19)30-28(32)37-18-20-7-4-3-5-8-20)15-27(31(33)34)24-17-29-26-16-22(11-12-23(24)26)36-14-13-35-2/h3-12,16-17,27,29H,13-15,18H2,1-2H3,(H,30,32). The fourth-order valence-electron chi connectivity index (χ4n) is 4.15. The minimum Gasteiger partial charge on any atom is -0.491 e. The van der Waals surface area contributed by atoms with Crippen molar-refractivity contribution in [1.82, 2.24) is 4.98 Å². The number of nitrogens with one attached hydrogen (secondary N) is 2. The van der Waals surface area contributed by atoms with Gasteiger partial charge in [-0.25, -0.2) is 4.79 Å². The third-order valence-corrected chi connectivity index (χ3v) is 6.16. The summed E-state index contributed by atoms with van der Waals surface area (Å²) in [4.78, 5) is 27.4. The molecule has 0 saturated heterocycles. The molecular weight excluding hydrogens is 474 g/mol. The molecule has 0 radical (unpaired) electrons. The minimum atomic E-state index is -0.979. The summed E-state index contributed by atoms with van der Waals surface area (Å²) >= 11 is 0. The number of carbonyl (C=O) groups is 1. The summed E-state index contributed by atoms with van der Waals surface area (Å²) in [5.74, 6) is 0.657. The lowest BCUT2D eigenvalue weighted by molar-refractivity contribution is -0.528. The summed E-state index contributed by atoms with van der Waals surface area (Å²) in [7, 11) is 1.60. The molecule has 0 aliphatic heterocycles. The Balaban J connectivity index is 1.49. The molecule has 9 nitrogen and oxygen atoms in total. The van der Waals surface area contributed by atoms with E-state index < -0.39 is 12.1 Å². The number of hydrogen-bond donors (Lipinski definition) is 2. The van der Waals surface area contributed by atoms with E-state index in [4.69, 9.17) is 14.2 Å². The molecule has 0 fully saturated rings. The number of ether oxygens (including phenoxy) is 3. The molecule has 4 aromatic rings. The molecule has 0 saturated carbocycles. The van der Waals surface area contributed by atoms with Gasteiger partial charge in [-0.3, -0.25) is 15.4 Å². The Labute approximate surface area is 214 Å². The minimum absolute atomic E-state index is 0.147. The van der Waals surface area contributed by atoms with Crippen LogP contribution in [-0.2, 0) is 22.5 Å². The Morgan fingerprint density at radius 1 is 1.08 bits per heavy atom. The van der Waals surface area contributed by atoms with Crippen molar-refractivity contribution in [3.63, 3.8) is 0 Å². The zero-order valence-corrected chi connectivity index (χ0v) is 20.7. The number of amides is 1. The van der Waals surface area contributed by atoms with E-state index in [2.05, 4.69) is 10.3 Å². The predicted octanol–water partition coefficient (Wildman–Crippen LogP) is 5.81. The number of H-pyrrole nitrogens is 1. The van der Waals surface area contributed by atoms with E-state index in [1.54, 1.807) is 31.5 Å². The lowest BCUT2D eigenvalue weighted by atomic mass is 9.95. The number of hydrogen-bond acceptors (Lipinski definition) is 6. The van der Waals surface area contributed by atoms with Crippen molar-refractivity contribution >= 4 is 22.7 Å². The number of aromatic nitrogens is 1. The van der Waals surface area contributed by atoms with Gasteiger partial charge in [-0.2, -0.15) is 0 Å². The maximum absolute atomic E-state index is 12.4. The SMILES string of the molecule is COCCOc1ccc2c(C(Cc3cccc(NC(=O)OCc4ccccc4)c3C)[N+](=O)[O-])c[nH]c2c1. The second-order valence-electron chi connectivity index (χ2n) is 8.57. The summed E-state index contributed by atoms with van der Waals surface area (Å²) in [6.07, 6.45) is 1.25. The molecule has 9 heteroatoms. The smallest absolute Gasteiger partial charge is 0.411 e. The van der Waals surface area contributed by atoms with Gasteiger partial charge < -0.3 is 19.2 Å². The summed E-state index contributed by atoms with van der Waals surface area (Å²) in [6, 6.07) is 19.2. The summed E-state index contributed by atoms with van der Waals surface area (Å²) < 4.78 is 16.0. The van der Waals surface area contributed by atoms with Gasteiger partial charge in [0.25, 0.3) is 0 Å². The van der Waals surface area contributed by atoms with Crippen molar-refractivity contribution < 1.29 is 23.9 Å². The third-order valence-electron chi connectivity index (χ3n) is 6.16. The molecule has 3 aromatic carbocycles. The molecule has 1 amide bonds. The van der Waals surface area contributed by atoms with Crippen LogP contribution in [0.4, 0.5) is 10.5 Å². The number of fused-ring (bicyclic) bond motifs is 1. The molecule has 0 bridgehead atoms. The Kier molecular flexibility index (Phi) is 8.37. The Hall–Kier alpha value is -4.37. The average Bonchev–Trinajstić information content (AvgIpc) is 3.31. The second-order valence-corrected chi connectivity index (χ2v) is 8.57. The van der Waals surface area contributed by atoms with Crippen LogP contribution in [0, 0.1) is 17.0 Å². The highest BCUT2D eigenvalue weighted by molar-refractivity contribution is 5.86. The maximum Gasteiger partial charge on any atom is 0.411 e. The number of carbonyl (C=O) groups excluding carboxylic acids is 1. The average molecular weight is 504 g/mol. The Morgan fingerprint density at radius 2 is 1.89 bits per heavy atom. The highest BCUT2D eigenvalue weighted by Gasteiger charge is 2.27. The molecule has 1 unspecified atom stereocenters. The van der Waals surface area contributed by atoms with Crippen LogP contribution in [0.1, 0.15) is 28.3 Å². The topological polar surface area (TPSA) is 116 Å². The molecule has 1 heterocycles. The van der Waals surface area contributed by atoms with Gasteiger partial charge in [0.15, 0.2) is 0 Å². The molecule has 0 aliphatic carbocycles. The monoisotopic (exact) mass is 503 g/mol. The van der Waals surface area contributed by atoms with Gasteiger partial charge in [-0.1, -0.05) is 42.5 Å². The number of nitro groups is 1. The molecule has 4 rings (SSSR count). The van der Waals surface area contributed by atoms with Crippen molar-refractivity contribution in [3.05, 3.63) is 105 Å². The number of anilines is 1. The summed E-state index contributed by atoms with van der Waals surface area (Å²) in [5, 5.41) is 15.7. The number of methoxy groups -OCH3 is 1. The normalized spacial score (nSPS) is 11.7. The molecule has 0 aliphatic rings. The summed E-state index contributed by atoms with van der Waals surface area (Å²) in [5.41, 5.74) is 4.28. The number of rotatable bonds is 11. The van der Waals surface area contributed by atoms with Crippen molar-refractivity contribution in [2.24, 2.45) is 0 Å². The first-order valence-electron chi connectivity index (χ1n) is 11.9. The van der Waals surface area contributed by atoms with Gasteiger partial charge in [0, 0.05) is 47.3 Å². The molecule has 37 heavy (non-hydrogen) atoms. The van der Waals surface area contributed by atoms with Gasteiger partial charge in [0.05, 0.1) is 12.2 Å². The number of benzene rings is 3. The number of aromatic amines is 1. The van der Waals surface area contributed by atoms with E-state index in [0.717, 1.165) is 27.6 Å². The predicted molar refractivity (Wildman–Crippen MR) is 141 cm³/mol. The van der Waals surface area contributed by atoms with Gasteiger partial charge >= 0.3 is 6.09 Å². The van der Waals surface area contributed by atoms with Crippen LogP contribution in [0.2, 0.25) is 0 Å². The van der Waals surface area contributed by atoms with Crippen molar-refractivity contribution in [1.29, 1.82) is 0 Å². The van der Waals surface area contributed by atoms with E-state index in [9.17, 15) is 14.9 Å². The summed E-state index contributed by atoms with van der Waals surface area (Å²) in [6.45, 7) is 2.86. The molecule has 192 valence electrons. The lowest BCUT2D eigenvalue weighted by Gasteiger charge is -2.15.